The number of halogens is 1. The molecule has 1 N–H and O–H groups in total. The van der Waals surface area contributed by atoms with Crippen molar-refractivity contribution in [3.63, 3.8) is 0 Å². The van der Waals surface area contributed by atoms with Crippen LogP contribution in [-0.2, 0) is 0 Å². The van der Waals surface area contributed by atoms with Crippen LogP contribution in [0.25, 0.3) is 0 Å². The van der Waals surface area contributed by atoms with Crippen LogP contribution in [-0.4, -0.2) is 6.04 Å². The average molecular weight is 251 g/mol. The van der Waals surface area contributed by atoms with Gasteiger partial charge in [0.2, 0.25) is 0 Å². The predicted molar refractivity (Wildman–Crippen MR) is 76.2 cm³/mol. The Hall–Kier alpha value is -0.890. The van der Waals surface area contributed by atoms with E-state index in [-0.39, 0.29) is 11.9 Å². The molecule has 1 nitrogen and oxygen atoms in total. The fraction of sp³-hybridized carbons (Fsp3) is 0.625. The van der Waals surface area contributed by atoms with Crippen LogP contribution >= 0.6 is 0 Å². The second-order valence-corrected chi connectivity index (χ2v) is 5.08. The lowest BCUT2D eigenvalue weighted by atomic mass is 10.0. The first-order valence-electron chi connectivity index (χ1n) is 7.18. The number of nitrogens with one attached hydrogen (secondary N) is 1. The Balaban J connectivity index is 2.51. The first kappa shape index (κ1) is 15.2. The molecule has 0 aliphatic heterocycles. The molecule has 1 aromatic rings. The minimum absolute atomic E-state index is 0.147. The monoisotopic (exact) mass is 251 g/mol. The summed E-state index contributed by atoms with van der Waals surface area (Å²) in [5.41, 5.74) is 1.06. The molecule has 2 unspecified atom stereocenters. The number of unbranched alkanes of at least 4 members (excludes halogenated alkanes) is 2. The van der Waals surface area contributed by atoms with Crippen molar-refractivity contribution in [3.05, 3.63) is 35.6 Å². The van der Waals surface area contributed by atoms with E-state index in [9.17, 15) is 4.39 Å². The summed E-state index contributed by atoms with van der Waals surface area (Å²) in [7, 11) is 0. The van der Waals surface area contributed by atoms with E-state index >= 15 is 0 Å². The highest BCUT2D eigenvalue weighted by atomic mass is 19.1. The summed E-state index contributed by atoms with van der Waals surface area (Å²) < 4.78 is 13.2. The standard InChI is InChI=1S/C16H26FN/c1-4-6-7-9-13(3)18-16(5-2)14-10-8-11-15(17)12-14/h8,10-13,16,18H,4-7,9H2,1-3H3. The molecule has 0 spiro atoms. The smallest absolute Gasteiger partial charge is 0.123 e. The maximum Gasteiger partial charge on any atom is 0.123 e. The first-order chi connectivity index (χ1) is 8.67. The van der Waals surface area contributed by atoms with E-state index in [1.807, 2.05) is 6.07 Å². The Kier molecular flexibility index (Phi) is 6.96. The third-order valence-corrected chi connectivity index (χ3v) is 3.39. The number of benzene rings is 1. The van der Waals surface area contributed by atoms with E-state index in [1.165, 1.54) is 31.7 Å². The molecule has 0 aliphatic carbocycles. The van der Waals surface area contributed by atoms with Gasteiger partial charge in [0.05, 0.1) is 0 Å². The van der Waals surface area contributed by atoms with Crippen molar-refractivity contribution in [2.24, 2.45) is 0 Å². The van der Waals surface area contributed by atoms with E-state index in [0.29, 0.717) is 6.04 Å². The van der Waals surface area contributed by atoms with E-state index < -0.39 is 0 Å². The van der Waals surface area contributed by atoms with Gasteiger partial charge in [0, 0.05) is 12.1 Å². The lowest BCUT2D eigenvalue weighted by Crippen LogP contribution is -2.30. The molecule has 0 aliphatic rings. The van der Waals surface area contributed by atoms with Gasteiger partial charge in [-0.25, -0.2) is 4.39 Å². The Morgan fingerprint density at radius 2 is 2.00 bits per heavy atom. The van der Waals surface area contributed by atoms with Gasteiger partial charge in [0.25, 0.3) is 0 Å². The molecule has 0 bridgehead atoms. The van der Waals surface area contributed by atoms with Crippen molar-refractivity contribution in [1.82, 2.24) is 5.32 Å². The summed E-state index contributed by atoms with van der Waals surface area (Å²) >= 11 is 0. The molecule has 1 rings (SSSR count). The molecule has 0 radical (unpaired) electrons. The molecule has 0 heterocycles. The Labute approximate surface area is 111 Å². The minimum atomic E-state index is -0.147. The van der Waals surface area contributed by atoms with Crippen molar-refractivity contribution in [2.75, 3.05) is 0 Å². The average Bonchev–Trinajstić information content (AvgIpc) is 2.36. The minimum Gasteiger partial charge on any atom is -0.307 e. The van der Waals surface area contributed by atoms with Crippen LogP contribution in [0.1, 0.15) is 64.5 Å². The zero-order valence-corrected chi connectivity index (χ0v) is 11.9. The van der Waals surface area contributed by atoms with E-state index in [1.54, 1.807) is 12.1 Å². The van der Waals surface area contributed by atoms with Gasteiger partial charge in [-0.05, 0) is 37.5 Å². The van der Waals surface area contributed by atoms with Crippen LogP contribution in [0, 0.1) is 5.82 Å². The third-order valence-electron chi connectivity index (χ3n) is 3.39. The Morgan fingerprint density at radius 3 is 2.61 bits per heavy atom. The normalized spacial score (nSPS) is 14.4. The molecular formula is C16H26FN. The van der Waals surface area contributed by atoms with Crippen LogP contribution in [0.15, 0.2) is 24.3 Å². The lowest BCUT2D eigenvalue weighted by molar-refractivity contribution is 0.414. The number of rotatable bonds is 8. The van der Waals surface area contributed by atoms with E-state index in [0.717, 1.165) is 12.0 Å². The molecule has 1 aromatic carbocycles. The molecule has 0 fully saturated rings. The van der Waals surface area contributed by atoms with Crippen LogP contribution < -0.4 is 5.32 Å². The molecule has 0 amide bonds. The highest BCUT2D eigenvalue weighted by Crippen LogP contribution is 2.19. The largest absolute Gasteiger partial charge is 0.307 e. The molecule has 0 saturated heterocycles. The SMILES string of the molecule is CCCCCC(C)NC(CC)c1cccc(F)c1. The molecule has 102 valence electrons. The second-order valence-electron chi connectivity index (χ2n) is 5.08. The van der Waals surface area contributed by atoms with Crippen molar-refractivity contribution in [1.29, 1.82) is 0 Å². The fourth-order valence-electron chi connectivity index (χ4n) is 2.30. The first-order valence-corrected chi connectivity index (χ1v) is 7.18. The van der Waals surface area contributed by atoms with Gasteiger partial charge in [-0.1, -0.05) is 45.2 Å². The van der Waals surface area contributed by atoms with Gasteiger partial charge in [-0.2, -0.15) is 0 Å². The van der Waals surface area contributed by atoms with E-state index in [2.05, 4.69) is 26.1 Å². The summed E-state index contributed by atoms with van der Waals surface area (Å²) in [5.74, 6) is -0.147. The van der Waals surface area contributed by atoms with Gasteiger partial charge in [-0.3, -0.25) is 0 Å². The molecule has 0 aromatic heterocycles. The lowest BCUT2D eigenvalue weighted by Gasteiger charge is -2.22. The molecule has 18 heavy (non-hydrogen) atoms. The zero-order valence-electron chi connectivity index (χ0n) is 11.9. The molecule has 2 atom stereocenters. The van der Waals surface area contributed by atoms with Crippen LogP contribution in [0.4, 0.5) is 4.39 Å². The summed E-state index contributed by atoms with van der Waals surface area (Å²) in [6, 6.07) is 7.68. The second kappa shape index (κ2) is 8.25. The van der Waals surface area contributed by atoms with Crippen molar-refractivity contribution >= 4 is 0 Å². The van der Waals surface area contributed by atoms with Crippen LogP contribution in [0.3, 0.4) is 0 Å². The van der Waals surface area contributed by atoms with Crippen molar-refractivity contribution in [3.8, 4) is 0 Å². The van der Waals surface area contributed by atoms with Crippen LogP contribution in [0.2, 0.25) is 0 Å². The van der Waals surface area contributed by atoms with Gasteiger partial charge in [-0.15, -0.1) is 0 Å². The quantitative estimate of drug-likeness (QED) is 0.652. The molecule has 2 heteroatoms. The maximum absolute atomic E-state index is 13.2. The van der Waals surface area contributed by atoms with Crippen molar-refractivity contribution < 1.29 is 4.39 Å². The van der Waals surface area contributed by atoms with Crippen molar-refractivity contribution in [2.45, 2.75) is 65.0 Å². The van der Waals surface area contributed by atoms with Gasteiger partial charge in [0.15, 0.2) is 0 Å². The third kappa shape index (κ3) is 5.18. The summed E-state index contributed by atoms with van der Waals surface area (Å²) in [6.07, 6.45) is 6.00. The summed E-state index contributed by atoms with van der Waals surface area (Å²) in [4.78, 5) is 0. The summed E-state index contributed by atoms with van der Waals surface area (Å²) in [5, 5.41) is 3.60. The number of hydrogen-bond donors (Lipinski definition) is 1. The number of hydrogen-bond acceptors (Lipinski definition) is 1. The highest BCUT2D eigenvalue weighted by molar-refractivity contribution is 5.20. The van der Waals surface area contributed by atoms with E-state index in [4.69, 9.17) is 0 Å². The molecular weight excluding hydrogens is 225 g/mol. The van der Waals surface area contributed by atoms with Gasteiger partial charge >= 0.3 is 0 Å². The zero-order chi connectivity index (χ0) is 13.4. The molecule has 0 saturated carbocycles. The van der Waals surface area contributed by atoms with Gasteiger partial charge < -0.3 is 5.32 Å². The topological polar surface area (TPSA) is 12.0 Å². The highest BCUT2D eigenvalue weighted by Gasteiger charge is 2.12. The maximum atomic E-state index is 13.2. The summed E-state index contributed by atoms with van der Waals surface area (Å²) in [6.45, 7) is 6.58. The van der Waals surface area contributed by atoms with Crippen LogP contribution in [0.5, 0.6) is 0 Å². The fourth-order valence-corrected chi connectivity index (χ4v) is 2.30. The Bertz CT molecular complexity index is 338. The predicted octanol–water partition coefficient (Wildman–Crippen LogP) is 4.84. The Morgan fingerprint density at radius 1 is 1.22 bits per heavy atom. The van der Waals surface area contributed by atoms with Gasteiger partial charge in [0.1, 0.15) is 5.82 Å².